The summed E-state index contributed by atoms with van der Waals surface area (Å²) in [5, 5.41) is 0. The summed E-state index contributed by atoms with van der Waals surface area (Å²) in [4.78, 5) is 13.1. The summed E-state index contributed by atoms with van der Waals surface area (Å²) in [6, 6.07) is 0.419. The largest absolute Gasteiger partial charge is 0.469 e. The van der Waals surface area contributed by atoms with E-state index in [9.17, 15) is 4.79 Å². The van der Waals surface area contributed by atoms with Crippen molar-refractivity contribution >= 4 is 5.97 Å². The normalized spacial score (nSPS) is 25.5. The zero-order valence-corrected chi connectivity index (χ0v) is 7.17. The third-order valence-corrected chi connectivity index (χ3v) is 2.30. The van der Waals surface area contributed by atoms with Gasteiger partial charge in [-0.15, -0.1) is 0 Å². The van der Waals surface area contributed by atoms with Gasteiger partial charge in [-0.05, 0) is 26.4 Å². The van der Waals surface area contributed by atoms with Crippen LogP contribution in [-0.2, 0) is 9.53 Å². The highest BCUT2D eigenvalue weighted by Gasteiger charge is 2.23. The second-order valence-corrected chi connectivity index (χ2v) is 3.06. The Labute approximate surface area is 67.3 Å². The van der Waals surface area contributed by atoms with Crippen molar-refractivity contribution in [2.75, 3.05) is 20.7 Å². The number of rotatable bonds is 2. The number of ether oxygens (including phenoxy) is 1. The fraction of sp³-hybridized carbons (Fsp3) is 0.875. The molecule has 64 valence electrons. The monoisotopic (exact) mass is 157 g/mol. The molecule has 0 aromatic carbocycles. The van der Waals surface area contributed by atoms with Crippen LogP contribution in [0.3, 0.4) is 0 Å². The van der Waals surface area contributed by atoms with E-state index in [1.807, 2.05) is 0 Å². The predicted octanol–water partition coefficient (Wildman–Crippen LogP) is 0.644. The van der Waals surface area contributed by atoms with Crippen molar-refractivity contribution < 1.29 is 9.53 Å². The van der Waals surface area contributed by atoms with Crippen LogP contribution < -0.4 is 0 Å². The van der Waals surface area contributed by atoms with E-state index in [4.69, 9.17) is 0 Å². The van der Waals surface area contributed by atoms with Gasteiger partial charge in [0.05, 0.1) is 13.5 Å². The van der Waals surface area contributed by atoms with E-state index in [0.717, 1.165) is 13.0 Å². The van der Waals surface area contributed by atoms with Crippen LogP contribution in [-0.4, -0.2) is 37.6 Å². The van der Waals surface area contributed by atoms with Crippen LogP contribution in [0.15, 0.2) is 0 Å². The van der Waals surface area contributed by atoms with Gasteiger partial charge in [-0.3, -0.25) is 4.79 Å². The maximum absolute atomic E-state index is 10.9. The van der Waals surface area contributed by atoms with Gasteiger partial charge >= 0.3 is 5.97 Å². The molecule has 1 fully saturated rings. The predicted molar refractivity (Wildman–Crippen MR) is 42.3 cm³/mol. The number of likely N-dealkylation sites (tertiary alicyclic amines) is 1. The van der Waals surface area contributed by atoms with Gasteiger partial charge in [0.15, 0.2) is 0 Å². The van der Waals surface area contributed by atoms with Crippen molar-refractivity contribution in [3.63, 3.8) is 0 Å². The summed E-state index contributed by atoms with van der Waals surface area (Å²) < 4.78 is 4.59. The summed E-state index contributed by atoms with van der Waals surface area (Å²) >= 11 is 0. The Morgan fingerprint density at radius 1 is 1.73 bits per heavy atom. The molecule has 0 aromatic rings. The number of methoxy groups -OCH3 is 1. The minimum atomic E-state index is -0.0938. The topological polar surface area (TPSA) is 29.5 Å². The van der Waals surface area contributed by atoms with Crippen molar-refractivity contribution in [1.82, 2.24) is 4.90 Å². The lowest BCUT2D eigenvalue weighted by Gasteiger charge is -2.17. The highest BCUT2D eigenvalue weighted by molar-refractivity contribution is 5.69. The molecule has 0 radical (unpaired) electrons. The standard InChI is InChI=1S/C8H15NO2/c1-9-5-3-4-7(9)6-8(10)11-2/h7H,3-6H2,1-2H3/t7-/m1/s1. The Morgan fingerprint density at radius 2 is 2.45 bits per heavy atom. The SMILES string of the molecule is COC(=O)C[C@H]1CCCN1C. The molecule has 1 aliphatic heterocycles. The lowest BCUT2D eigenvalue weighted by atomic mass is 10.1. The van der Waals surface area contributed by atoms with Crippen molar-refractivity contribution in [2.24, 2.45) is 0 Å². The first kappa shape index (κ1) is 8.53. The molecule has 11 heavy (non-hydrogen) atoms. The lowest BCUT2D eigenvalue weighted by molar-refractivity contribution is -0.141. The number of esters is 1. The van der Waals surface area contributed by atoms with Gasteiger partial charge in [-0.1, -0.05) is 0 Å². The maximum Gasteiger partial charge on any atom is 0.307 e. The number of carbonyl (C=O) groups excluding carboxylic acids is 1. The Hall–Kier alpha value is -0.570. The summed E-state index contributed by atoms with van der Waals surface area (Å²) in [5.74, 6) is -0.0938. The average molecular weight is 157 g/mol. The van der Waals surface area contributed by atoms with E-state index in [0.29, 0.717) is 12.5 Å². The molecule has 3 nitrogen and oxygen atoms in total. The third-order valence-electron chi connectivity index (χ3n) is 2.30. The van der Waals surface area contributed by atoms with Crippen LogP contribution in [0.2, 0.25) is 0 Å². The molecule has 0 N–H and O–H groups in total. The number of hydrogen-bond donors (Lipinski definition) is 0. The van der Waals surface area contributed by atoms with Crippen LogP contribution in [0.25, 0.3) is 0 Å². The minimum Gasteiger partial charge on any atom is -0.469 e. The van der Waals surface area contributed by atoms with E-state index in [2.05, 4.69) is 16.7 Å². The zero-order chi connectivity index (χ0) is 8.27. The fourth-order valence-corrected chi connectivity index (χ4v) is 1.51. The highest BCUT2D eigenvalue weighted by Crippen LogP contribution is 2.17. The zero-order valence-electron chi connectivity index (χ0n) is 7.17. The van der Waals surface area contributed by atoms with Gasteiger partial charge in [0.25, 0.3) is 0 Å². The molecule has 1 saturated heterocycles. The first-order valence-electron chi connectivity index (χ1n) is 4.01. The van der Waals surface area contributed by atoms with Gasteiger partial charge < -0.3 is 9.64 Å². The number of carbonyl (C=O) groups is 1. The van der Waals surface area contributed by atoms with Crippen molar-refractivity contribution in [2.45, 2.75) is 25.3 Å². The smallest absolute Gasteiger partial charge is 0.307 e. The third kappa shape index (κ3) is 2.19. The Morgan fingerprint density at radius 3 is 2.91 bits per heavy atom. The Kier molecular flexibility index (Phi) is 2.88. The summed E-state index contributed by atoms with van der Waals surface area (Å²) in [6.07, 6.45) is 2.89. The first-order valence-corrected chi connectivity index (χ1v) is 4.01. The molecule has 3 heteroatoms. The summed E-state index contributed by atoms with van der Waals surface area (Å²) in [7, 11) is 3.50. The second kappa shape index (κ2) is 3.72. The molecular formula is C8H15NO2. The molecule has 0 aliphatic carbocycles. The maximum atomic E-state index is 10.9. The van der Waals surface area contributed by atoms with E-state index in [1.165, 1.54) is 13.5 Å². The number of nitrogens with zero attached hydrogens (tertiary/aromatic N) is 1. The van der Waals surface area contributed by atoms with Gasteiger partial charge in [0, 0.05) is 6.04 Å². The van der Waals surface area contributed by atoms with Crippen molar-refractivity contribution in [3.8, 4) is 0 Å². The summed E-state index contributed by atoms with van der Waals surface area (Å²) in [5.41, 5.74) is 0. The molecule has 0 aromatic heterocycles. The lowest BCUT2D eigenvalue weighted by Crippen LogP contribution is -2.27. The van der Waals surface area contributed by atoms with Gasteiger partial charge in [-0.2, -0.15) is 0 Å². The fourth-order valence-electron chi connectivity index (χ4n) is 1.51. The average Bonchev–Trinajstić information content (AvgIpc) is 2.37. The number of hydrogen-bond acceptors (Lipinski definition) is 3. The molecular weight excluding hydrogens is 142 g/mol. The van der Waals surface area contributed by atoms with Crippen molar-refractivity contribution in [1.29, 1.82) is 0 Å². The molecule has 0 amide bonds. The van der Waals surface area contributed by atoms with Crippen LogP contribution in [0.4, 0.5) is 0 Å². The van der Waals surface area contributed by atoms with E-state index < -0.39 is 0 Å². The minimum absolute atomic E-state index is 0.0938. The van der Waals surface area contributed by atoms with Crippen LogP contribution >= 0.6 is 0 Å². The van der Waals surface area contributed by atoms with E-state index in [1.54, 1.807) is 0 Å². The molecule has 1 rings (SSSR count). The quantitative estimate of drug-likeness (QED) is 0.551. The molecule has 0 bridgehead atoms. The molecule has 0 unspecified atom stereocenters. The van der Waals surface area contributed by atoms with Crippen LogP contribution in [0.5, 0.6) is 0 Å². The Balaban J connectivity index is 2.30. The molecule has 0 spiro atoms. The van der Waals surface area contributed by atoms with Gasteiger partial charge in [0.2, 0.25) is 0 Å². The van der Waals surface area contributed by atoms with Gasteiger partial charge in [-0.25, -0.2) is 0 Å². The van der Waals surface area contributed by atoms with Crippen LogP contribution in [0.1, 0.15) is 19.3 Å². The van der Waals surface area contributed by atoms with E-state index >= 15 is 0 Å². The van der Waals surface area contributed by atoms with Crippen LogP contribution in [0, 0.1) is 0 Å². The highest BCUT2D eigenvalue weighted by atomic mass is 16.5. The molecule has 1 heterocycles. The molecule has 0 saturated carbocycles. The first-order chi connectivity index (χ1) is 5.24. The summed E-state index contributed by atoms with van der Waals surface area (Å²) in [6.45, 7) is 1.11. The van der Waals surface area contributed by atoms with E-state index in [-0.39, 0.29) is 5.97 Å². The second-order valence-electron chi connectivity index (χ2n) is 3.06. The molecule has 1 aliphatic rings. The molecule has 1 atom stereocenters. The Bertz CT molecular complexity index is 147. The van der Waals surface area contributed by atoms with Gasteiger partial charge in [0.1, 0.15) is 0 Å². The van der Waals surface area contributed by atoms with Crippen molar-refractivity contribution in [3.05, 3.63) is 0 Å².